The van der Waals surface area contributed by atoms with Gasteiger partial charge in [-0.15, -0.1) is 0 Å². The van der Waals surface area contributed by atoms with E-state index in [0.29, 0.717) is 13.0 Å². The summed E-state index contributed by atoms with van der Waals surface area (Å²) < 4.78 is 6.85. The number of hydrazine groups is 1. The molecule has 0 heterocycles. The number of rotatable bonds is 12. The van der Waals surface area contributed by atoms with Crippen LogP contribution in [0, 0.1) is 0 Å². The van der Waals surface area contributed by atoms with Crippen LogP contribution in [0.3, 0.4) is 0 Å². The fourth-order valence-electron chi connectivity index (χ4n) is 1.10. The molecule has 19 heavy (non-hydrogen) atoms. The van der Waals surface area contributed by atoms with E-state index in [4.69, 9.17) is 12.7 Å². The third-order valence-electron chi connectivity index (χ3n) is 2.08. The summed E-state index contributed by atoms with van der Waals surface area (Å²) in [7, 11) is 1.02. The molecule has 0 aliphatic carbocycles. The summed E-state index contributed by atoms with van der Waals surface area (Å²) in [6.45, 7) is 0.698. The predicted molar refractivity (Wildman–Crippen MR) is 70.3 cm³/mol. The summed E-state index contributed by atoms with van der Waals surface area (Å²) in [4.78, 5) is 25.9. The molecular weight excluding hydrogens is 383 g/mol. The van der Waals surface area contributed by atoms with Crippen LogP contribution in [0.15, 0.2) is 5.11 Å². The van der Waals surface area contributed by atoms with Crippen molar-refractivity contribution >= 4 is 17.8 Å². The van der Waals surface area contributed by atoms with Crippen LogP contribution in [-0.2, 0) is 9.59 Å². The SMILES string of the molecule is [2H]NN[C@@H](CCCCN)C(=O)S[I-]C(=O)CCN=[N+]=[N-]. The Morgan fingerprint density at radius 3 is 3.00 bits per heavy atom. The first-order chi connectivity index (χ1) is 9.65. The van der Waals surface area contributed by atoms with Crippen molar-refractivity contribution in [2.75, 3.05) is 13.1 Å². The average Bonchev–Trinajstić information content (AvgIpc) is 2.44. The molecule has 5 N–H and O–H groups in total. The van der Waals surface area contributed by atoms with Crippen molar-refractivity contribution in [1.29, 1.82) is 0 Å². The normalized spacial score (nSPS) is 12.6. The van der Waals surface area contributed by atoms with Crippen molar-refractivity contribution in [3.05, 3.63) is 10.4 Å². The van der Waals surface area contributed by atoms with Crippen molar-refractivity contribution in [3.63, 3.8) is 0 Å². The van der Waals surface area contributed by atoms with Gasteiger partial charge in [0.05, 0.1) is 0 Å². The number of nitrogens with zero attached hydrogens (tertiary/aromatic N) is 3. The maximum atomic E-state index is 11.9. The maximum absolute atomic E-state index is 11.9. The van der Waals surface area contributed by atoms with Gasteiger partial charge in [0.2, 0.25) is 0 Å². The molecule has 0 aliphatic rings. The van der Waals surface area contributed by atoms with Crippen LogP contribution in [0.2, 0.25) is 1.41 Å². The molecule has 0 fully saturated rings. The fourth-order valence-corrected chi connectivity index (χ4v) is 4.83. The van der Waals surface area contributed by atoms with Crippen molar-refractivity contribution in [2.24, 2.45) is 16.7 Å². The topological polar surface area (TPSA) is 147 Å². The molecule has 0 aromatic heterocycles. The third-order valence-corrected chi connectivity index (χ3v) is 6.74. The van der Waals surface area contributed by atoms with Gasteiger partial charge in [-0.1, -0.05) is 0 Å². The predicted octanol–water partition coefficient (Wildman–Crippen LogP) is -2.56. The molecule has 10 heteroatoms. The van der Waals surface area contributed by atoms with Gasteiger partial charge in [-0.25, -0.2) is 0 Å². The second-order valence-corrected chi connectivity index (χ2v) is 8.07. The van der Waals surface area contributed by atoms with Crippen LogP contribution < -0.4 is 36.8 Å². The Hall–Kier alpha value is -0.390. The van der Waals surface area contributed by atoms with Crippen molar-refractivity contribution in [3.8, 4) is 0 Å². The molecule has 0 spiro atoms. The minimum absolute atomic E-state index is 0.0332. The van der Waals surface area contributed by atoms with Gasteiger partial charge < -0.3 is 0 Å². The molecule has 0 amide bonds. The minimum atomic E-state index is -0.969. The monoisotopic (exact) mass is 402 g/mol. The number of halogens is 1. The van der Waals surface area contributed by atoms with Gasteiger partial charge in [0.25, 0.3) is 0 Å². The second kappa shape index (κ2) is 12.6. The van der Waals surface area contributed by atoms with Crippen LogP contribution in [-0.4, -0.2) is 28.0 Å². The number of azide groups is 1. The van der Waals surface area contributed by atoms with E-state index in [1.807, 2.05) is 5.84 Å². The van der Waals surface area contributed by atoms with Gasteiger partial charge >= 0.3 is 126 Å². The zero-order valence-corrected chi connectivity index (χ0v) is 13.3. The first-order valence-corrected chi connectivity index (χ1v) is 10.1. The Morgan fingerprint density at radius 2 is 2.37 bits per heavy atom. The summed E-state index contributed by atoms with van der Waals surface area (Å²) in [6.07, 6.45) is 2.35. The summed E-state index contributed by atoms with van der Waals surface area (Å²) in [5, 5.41) is 3.13. The number of hydrogen-bond acceptors (Lipinski definition) is 7. The van der Waals surface area contributed by atoms with E-state index in [0.717, 1.165) is 21.8 Å². The molecule has 0 unspecified atom stereocenters. The van der Waals surface area contributed by atoms with Crippen LogP contribution >= 0.6 is 8.93 Å². The van der Waals surface area contributed by atoms with Crippen molar-refractivity contribution < 1.29 is 30.8 Å². The molecule has 0 aliphatic heterocycles. The molecular formula is C9H18IN6O2S-. The molecule has 0 bridgehead atoms. The Balaban J connectivity index is 4.04. The Labute approximate surface area is 126 Å². The molecule has 0 rings (SSSR count). The number of carbonyl (C=O) groups excluding carboxylic acids is 2. The molecule has 0 radical (unpaired) electrons. The summed E-state index contributed by atoms with van der Waals surface area (Å²) in [6, 6.07) is -0.492. The van der Waals surface area contributed by atoms with E-state index in [9.17, 15) is 9.59 Å². The Morgan fingerprint density at radius 1 is 1.58 bits per heavy atom. The van der Waals surface area contributed by atoms with Gasteiger partial charge in [-0.2, -0.15) is 0 Å². The first kappa shape index (κ1) is 16.7. The zero-order chi connectivity index (χ0) is 15.2. The summed E-state index contributed by atoms with van der Waals surface area (Å²) >= 11 is -0.969. The van der Waals surface area contributed by atoms with Crippen LogP contribution in [0.1, 0.15) is 25.7 Å². The van der Waals surface area contributed by atoms with Gasteiger partial charge in [0.15, 0.2) is 0 Å². The van der Waals surface area contributed by atoms with E-state index in [1.54, 1.807) is 0 Å². The van der Waals surface area contributed by atoms with Gasteiger partial charge in [0.1, 0.15) is 0 Å². The first-order valence-electron chi connectivity index (χ1n) is 6.17. The molecule has 110 valence electrons. The third kappa shape index (κ3) is 10.1. The Kier molecular flexibility index (Phi) is 11.1. The van der Waals surface area contributed by atoms with E-state index in [2.05, 4.69) is 15.5 Å². The van der Waals surface area contributed by atoms with Crippen molar-refractivity contribution in [1.82, 2.24) is 5.43 Å². The van der Waals surface area contributed by atoms with Gasteiger partial charge in [-0.05, 0) is 0 Å². The summed E-state index contributed by atoms with van der Waals surface area (Å²) in [5.74, 6) is 2.01. The zero-order valence-electron chi connectivity index (χ0n) is 11.3. The number of nitrogens with two attached hydrogens (primary N) is 2. The molecule has 8 nitrogen and oxygen atoms in total. The molecule has 1 atom stereocenters. The van der Waals surface area contributed by atoms with Gasteiger partial charge in [-0.3, -0.25) is 0 Å². The van der Waals surface area contributed by atoms with Crippen LogP contribution in [0.4, 0.5) is 0 Å². The second-order valence-electron chi connectivity index (χ2n) is 3.51. The van der Waals surface area contributed by atoms with Gasteiger partial charge in [0, 0.05) is 0 Å². The van der Waals surface area contributed by atoms with Crippen LogP contribution in [0.25, 0.3) is 10.4 Å². The number of unbranched alkanes of at least 4 members (excludes halogenated alkanes) is 1. The number of nitrogens with one attached hydrogen (secondary N) is 1. The van der Waals surface area contributed by atoms with Crippen molar-refractivity contribution in [2.45, 2.75) is 31.7 Å². The van der Waals surface area contributed by atoms with Crippen LogP contribution in [0.5, 0.6) is 0 Å². The summed E-state index contributed by atoms with van der Waals surface area (Å²) in [5.41, 5.74) is 16.0. The fraction of sp³-hybridized carbons (Fsp3) is 0.778. The molecule has 0 aromatic rings. The van der Waals surface area contributed by atoms with E-state index in [-0.39, 0.29) is 21.9 Å². The number of hydrogen-bond donors (Lipinski definition) is 3. The quantitative estimate of drug-likeness (QED) is 0.0478. The standard InChI is InChI=1S/C9H18IN6O2S/c11-5-2-1-3-7(15-12)9(18)19-10-8(17)4-6-14-16-13/h7,15H,1-6,11-12H2/q-1/t7-/m0/s1/i/hD. The van der Waals surface area contributed by atoms with E-state index < -0.39 is 25.9 Å². The molecule has 0 saturated carbocycles. The van der Waals surface area contributed by atoms with E-state index >= 15 is 0 Å². The molecule has 0 aromatic carbocycles. The Bertz CT molecular complexity index is 355. The molecule has 0 saturated heterocycles. The van der Waals surface area contributed by atoms with E-state index in [1.165, 1.54) is 0 Å². The number of carbonyl (C=O) groups is 2. The average molecular weight is 402 g/mol.